The average molecular weight is 612 g/mol. The van der Waals surface area contributed by atoms with E-state index in [0.29, 0.717) is 0 Å². The first kappa shape index (κ1) is 26.7. The van der Waals surface area contributed by atoms with Gasteiger partial charge in [-0.1, -0.05) is 115 Å². The first-order valence-electron chi connectivity index (χ1n) is 16.4. The topological polar surface area (TPSA) is 22.8 Å². The fourth-order valence-corrected chi connectivity index (χ4v) is 7.54. The van der Waals surface area contributed by atoms with E-state index in [-0.39, 0.29) is 0 Å². The Hall–Kier alpha value is -6.45. The smallest absolute Gasteiger partial charge is 0.138 e. The first-order chi connectivity index (χ1) is 23.8. The van der Waals surface area contributed by atoms with Gasteiger partial charge in [0.15, 0.2) is 0 Å². The molecule has 7 aromatic carbocycles. The monoisotopic (exact) mass is 611 g/mol. The Morgan fingerprint density at radius 3 is 1.50 bits per heavy atom. The van der Waals surface area contributed by atoms with Crippen LogP contribution in [0.1, 0.15) is 0 Å². The van der Waals surface area contributed by atoms with Crippen molar-refractivity contribution in [1.82, 2.24) is 14.1 Å². The number of para-hydroxylation sites is 4. The van der Waals surface area contributed by atoms with Gasteiger partial charge in [-0.15, -0.1) is 0 Å². The molecule has 3 nitrogen and oxygen atoms in total. The van der Waals surface area contributed by atoms with Crippen molar-refractivity contribution in [1.29, 1.82) is 0 Å². The van der Waals surface area contributed by atoms with Gasteiger partial charge in [0, 0.05) is 32.6 Å². The molecular weight excluding hydrogens is 583 g/mol. The van der Waals surface area contributed by atoms with Gasteiger partial charge >= 0.3 is 0 Å². The highest BCUT2D eigenvalue weighted by Gasteiger charge is 2.18. The third kappa shape index (κ3) is 4.04. The van der Waals surface area contributed by atoms with Crippen LogP contribution in [-0.2, 0) is 0 Å². The van der Waals surface area contributed by atoms with Crippen LogP contribution in [0.15, 0.2) is 176 Å². The summed E-state index contributed by atoms with van der Waals surface area (Å²) in [4.78, 5) is 5.24. The van der Waals surface area contributed by atoms with Gasteiger partial charge in [0.05, 0.1) is 27.6 Å². The van der Waals surface area contributed by atoms with E-state index in [0.717, 1.165) is 27.8 Å². The van der Waals surface area contributed by atoms with Crippen molar-refractivity contribution >= 4 is 54.5 Å². The van der Waals surface area contributed by atoms with Gasteiger partial charge < -0.3 is 4.57 Å². The maximum atomic E-state index is 5.24. The molecule has 3 heterocycles. The quantitative estimate of drug-likeness (QED) is 0.194. The van der Waals surface area contributed by atoms with Crippen molar-refractivity contribution in [3.63, 3.8) is 0 Å². The molecule has 10 rings (SSSR count). The summed E-state index contributed by atoms with van der Waals surface area (Å²) in [7, 11) is 0. The van der Waals surface area contributed by atoms with E-state index in [1.807, 2.05) is 0 Å². The molecule has 3 heteroatoms. The predicted octanol–water partition coefficient (Wildman–Crippen LogP) is 11.8. The van der Waals surface area contributed by atoms with Crippen LogP contribution >= 0.6 is 0 Å². The standard InChI is InChI=1S/C45H29N3/c1-3-13-30(14-4-1)37-29-45(46-40-20-10-7-17-34(37)40)48-42-22-12-9-19-36(42)39-28-32(24-26-44(39)48)31-23-25-43-38(27-31)35-18-8-11-21-41(35)47(43)33-15-5-2-6-16-33/h1-29H. The SMILES string of the molecule is c1ccc(-c2cc(-n3c4ccccc4c4cc(-c5ccc6c(c5)c5ccccc5n6-c5ccccc5)ccc43)nc3ccccc23)cc1. The number of pyridine rings is 1. The van der Waals surface area contributed by atoms with Gasteiger partial charge in [0.25, 0.3) is 0 Å². The van der Waals surface area contributed by atoms with E-state index in [4.69, 9.17) is 4.98 Å². The zero-order chi connectivity index (χ0) is 31.6. The molecule has 0 saturated heterocycles. The van der Waals surface area contributed by atoms with E-state index in [1.54, 1.807) is 0 Å². The summed E-state index contributed by atoms with van der Waals surface area (Å²) >= 11 is 0. The van der Waals surface area contributed by atoms with Crippen LogP contribution < -0.4 is 0 Å². The van der Waals surface area contributed by atoms with E-state index in [2.05, 4.69) is 185 Å². The van der Waals surface area contributed by atoms with Gasteiger partial charge in [-0.05, 0) is 82.9 Å². The molecule has 0 radical (unpaired) electrons. The predicted molar refractivity (Wildman–Crippen MR) is 201 cm³/mol. The summed E-state index contributed by atoms with van der Waals surface area (Å²) in [5.74, 6) is 0.918. The van der Waals surface area contributed by atoms with E-state index < -0.39 is 0 Å². The highest BCUT2D eigenvalue weighted by Crippen LogP contribution is 2.39. The zero-order valence-corrected chi connectivity index (χ0v) is 26.1. The zero-order valence-electron chi connectivity index (χ0n) is 26.1. The highest BCUT2D eigenvalue weighted by atomic mass is 15.1. The lowest BCUT2D eigenvalue weighted by atomic mass is 10.0. The molecule has 0 amide bonds. The summed E-state index contributed by atoms with van der Waals surface area (Å²) in [6.07, 6.45) is 0. The highest BCUT2D eigenvalue weighted by molar-refractivity contribution is 6.13. The second-order valence-corrected chi connectivity index (χ2v) is 12.4. The maximum absolute atomic E-state index is 5.24. The minimum absolute atomic E-state index is 0.918. The van der Waals surface area contributed by atoms with Crippen molar-refractivity contribution < 1.29 is 0 Å². The van der Waals surface area contributed by atoms with Gasteiger partial charge in [-0.2, -0.15) is 0 Å². The molecule has 0 N–H and O–H groups in total. The summed E-state index contributed by atoms with van der Waals surface area (Å²) in [6.45, 7) is 0. The molecule has 0 aliphatic heterocycles. The molecule has 0 saturated carbocycles. The van der Waals surface area contributed by atoms with Crippen LogP contribution in [0.4, 0.5) is 0 Å². The molecule has 0 aliphatic carbocycles. The Labute approximate surface area is 277 Å². The lowest BCUT2D eigenvalue weighted by Gasteiger charge is -2.13. The van der Waals surface area contributed by atoms with E-state index >= 15 is 0 Å². The fraction of sp³-hybridized carbons (Fsp3) is 0. The molecule has 0 spiro atoms. The summed E-state index contributed by atoms with van der Waals surface area (Å²) in [5.41, 5.74) is 11.6. The largest absolute Gasteiger partial charge is 0.309 e. The molecule has 224 valence electrons. The summed E-state index contributed by atoms with van der Waals surface area (Å²) < 4.78 is 4.69. The lowest BCUT2D eigenvalue weighted by Crippen LogP contribution is -1.99. The van der Waals surface area contributed by atoms with E-state index in [9.17, 15) is 0 Å². The Morgan fingerprint density at radius 1 is 0.333 bits per heavy atom. The molecule has 0 atom stereocenters. The van der Waals surface area contributed by atoms with Crippen molar-refractivity contribution in [3.8, 4) is 33.8 Å². The van der Waals surface area contributed by atoms with E-state index in [1.165, 1.54) is 60.5 Å². The normalized spacial score (nSPS) is 11.8. The average Bonchev–Trinajstić information content (AvgIpc) is 3.67. The second kappa shape index (κ2) is 10.5. The van der Waals surface area contributed by atoms with Gasteiger partial charge in [0.2, 0.25) is 0 Å². The molecule has 10 aromatic rings. The van der Waals surface area contributed by atoms with Crippen LogP contribution in [0.2, 0.25) is 0 Å². The Bertz CT molecular complexity index is 2820. The van der Waals surface area contributed by atoms with Crippen molar-refractivity contribution in [3.05, 3.63) is 176 Å². The van der Waals surface area contributed by atoms with Gasteiger partial charge in [-0.3, -0.25) is 4.57 Å². The Morgan fingerprint density at radius 2 is 0.833 bits per heavy atom. The molecular formula is C45H29N3. The minimum atomic E-state index is 0.918. The van der Waals surface area contributed by atoms with Crippen LogP contribution in [-0.4, -0.2) is 14.1 Å². The molecule has 48 heavy (non-hydrogen) atoms. The number of hydrogen-bond donors (Lipinski definition) is 0. The molecule has 0 bridgehead atoms. The van der Waals surface area contributed by atoms with Crippen molar-refractivity contribution in [2.75, 3.05) is 0 Å². The fourth-order valence-electron chi connectivity index (χ4n) is 7.54. The minimum Gasteiger partial charge on any atom is -0.309 e. The van der Waals surface area contributed by atoms with Gasteiger partial charge in [-0.25, -0.2) is 4.98 Å². The number of rotatable bonds is 4. The second-order valence-electron chi connectivity index (χ2n) is 12.4. The van der Waals surface area contributed by atoms with Crippen LogP contribution in [0.25, 0.3) is 88.3 Å². The van der Waals surface area contributed by atoms with Crippen molar-refractivity contribution in [2.45, 2.75) is 0 Å². The first-order valence-corrected chi connectivity index (χ1v) is 16.4. The number of hydrogen-bond acceptors (Lipinski definition) is 1. The summed E-state index contributed by atoms with van der Waals surface area (Å²) in [6, 6.07) is 63.1. The van der Waals surface area contributed by atoms with Crippen LogP contribution in [0, 0.1) is 0 Å². The lowest BCUT2D eigenvalue weighted by molar-refractivity contribution is 1.10. The Balaban J connectivity index is 1.18. The van der Waals surface area contributed by atoms with Crippen LogP contribution in [0.5, 0.6) is 0 Å². The molecule has 0 fully saturated rings. The number of benzene rings is 7. The third-order valence-corrected chi connectivity index (χ3v) is 9.71. The molecule has 0 unspecified atom stereocenters. The molecule has 0 aliphatic rings. The third-order valence-electron chi connectivity index (χ3n) is 9.71. The number of nitrogens with zero attached hydrogens (tertiary/aromatic N) is 3. The number of fused-ring (bicyclic) bond motifs is 7. The molecule has 3 aromatic heterocycles. The number of aromatic nitrogens is 3. The van der Waals surface area contributed by atoms with Gasteiger partial charge in [0.1, 0.15) is 5.82 Å². The summed E-state index contributed by atoms with van der Waals surface area (Å²) in [5, 5.41) is 6.09. The van der Waals surface area contributed by atoms with Crippen molar-refractivity contribution in [2.24, 2.45) is 0 Å². The Kier molecular flexibility index (Phi) is 5.87. The van der Waals surface area contributed by atoms with Crippen LogP contribution in [0.3, 0.4) is 0 Å². The maximum Gasteiger partial charge on any atom is 0.138 e.